The van der Waals surface area contributed by atoms with Gasteiger partial charge in [-0.15, -0.1) is 0 Å². The maximum atomic E-state index is 2.42. The van der Waals surface area contributed by atoms with Gasteiger partial charge in [0.2, 0.25) is 0 Å². The lowest BCUT2D eigenvalue weighted by Crippen LogP contribution is -2.25. The van der Waals surface area contributed by atoms with Crippen molar-refractivity contribution in [2.45, 2.75) is 19.3 Å². The summed E-state index contributed by atoms with van der Waals surface area (Å²) in [6, 6.07) is 41.3. The number of hydrogen-bond donors (Lipinski definition) is 0. The molecular weight excluding hydrogens is 420 g/mol. The highest BCUT2D eigenvalue weighted by molar-refractivity contribution is 6.10. The van der Waals surface area contributed by atoms with Crippen molar-refractivity contribution in [1.82, 2.24) is 0 Å². The van der Waals surface area contributed by atoms with Crippen LogP contribution in [0, 0.1) is 13.8 Å². The monoisotopic (exact) mass is 444 g/mol. The number of aryl methyl sites for hydroxylation is 2. The van der Waals surface area contributed by atoms with Gasteiger partial charge < -0.3 is 0 Å². The minimum Gasteiger partial charge on any atom is -0.0619 e. The Morgan fingerprint density at radius 2 is 1.14 bits per heavy atom. The van der Waals surface area contributed by atoms with Gasteiger partial charge in [0.15, 0.2) is 0 Å². The minimum atomic E-state index is -0.299. The zero-order valence-electron chi connectivity index (χ0n) is 19.9. The van der Waals surface area contributed by atoms with Crippen LogP contribution in [0.4, 0.5) is 0 Å². The van der Waals surface area contributed by atoms with Crippen molar-refractivity contribution in [1.29, 1.82) is 0 Å². The molecule has 0 radical (unpaired) electrons. The Morgan fingerprint density at radius 1 is 0.457 bits per heavy atom. The zero-order chi connectivity index (χ0) is 23.3. The van der Waals surface area contributed by atoms with E-state index in [0.29, 0.717) is 0 Å². The summed E-state index contributed by atoms with van der Waals surface area (Å²) >= 11 is 0. The molecule has 2 aliphatic carbocycles. The van der Waals surface area contributed by atoms with E-state index in [1.54, 1.807) is 0 Å². The average Bonchev–Trinajstić information content (AvgIpc) is 3.36. The molecule has 0 amide bonds. The molecule has 0 saturated carbocycles. The summed E-state index contributed by atoms with van der Waals surface area (Å²) in [5, 5.41) is 5.35. The Bertz CT molecular complexity index is 1870. The van der Waals surface area contributed by atoms with E-state index >= 15 is 0 Å². The molecule has 0 bridgehead atoms. The van der Waals surface area contributed by atoms with E-state index in [-0.39, 0.29) is 5.41 Å². The van der Waals surface area contributed by atoms with Gasteiger partial charge in [-0.3, -0.25) is 0 Å². The van der Waals surface area contributed by atoms with Crippen molar-refractivity contribution in [3.05, 3.63) is 143 Å². The van der Waals surface area contributed by atoms with Gasteiger partial charge in [0, 0.05) is 0 Å². The Labute approximate surface area is 205 Å². The fourth-order valence-electron chi connectivity index (χ4n) is 7.08. The highest BCUT2D eigenvalue weighted by atomic mass is 14.5. The summed E-state index contributed by atoms with van der Waals surface area (Å²) in [4.78, 5) is 0. The van der Waals surface area contributed by atoms with Crippen LogP contribution >= 0.6 is 0 Å². The van der Waals surface area contributed by atoms with Gasteiger partial charge in [0.1, 0.15) is 0 Å². The molecule has 6 aromatic rings. The number of benzene rings is 6. The van der Waals surface area contributed by atoms with Crippen molar-refractivity contribution in [3.8, 4) is 22.3 Å². The minimum absolute atomic E-state index is 0.299. The first-order valence-electron chi connectivity index (χ1n) is 12.5. The average molecular weight is 445 g/mol. The van der Waals surface area contributed by atoms with E-state index in [4.69, 9.17) is 0 Å². The maximum Gasteiger partial charge on any atom is 0.0725 e. The molecule has 1 spiro atoms. The van der Waals surface area contributed by atoms with Gasteiger partial charge >= 0.3 is 0 Å². The molecule has 2 aliphatic rings. The normalized spacial score (nSPS) is 17.0. The van der Waals surface area contributed by atoms with E-state index in [1.807, 2.05) is 0 Å². The zero-order valence-corrected chi connectivity index (χ0v) is 19.9. The van der Waals surface area contributed by atoms with Gasteiger partial charge in [-0.05, 0) is 85.5 Å². The molecule has 0 heterocycles. The van der Waals surface area contributed by atoms with Crippen LogP contribution in [0.25, 0.3) is 43.8 Å². The summed E-state index contributed by atoms with van der Waals surface area (Å²) in [5.41, 5.74) is 13.5. The number of fused-ring (bicyclic) bond motifs is 14. The van der Waals surface area contributed by atoms with Crippen molar-refractivity contribution in [3.63, 3.8) is 0 Å². The Morgan fingerprint density at radius 3 is 2.06 bits per heavy atom. The fraction of sp³-hybridized carbons (Fsp3) is 0.0857. The summed E-state index contributed by atoms with van der Waals surface area (Å²) in [6.45, 7) is 4.44. The maximum absolute atomic E-state index is 2.42. The van der Waals surface area contributed by atoms with Crippen LogP contribution in [0.3, 0.4) is 0 Å². The van der Waals surface area contributed by atoms with Crippen molar-refractivity contribution in [2.24, 2.45) is 0 Å². The molecule has 1 unspecified atom stereocenters. The molecule has 0 nitrogen and oxygen atoms in total. The first-order valence-corrected chi connectivity index (χ1v) is 12.5. The first-order chi connectivity index (χ1) is 17.2. The van der Waals surface area contributed by atoms with Crippen molar-refractivity contribution in [2.75, 3.05) is 0 Å². The van der Waals surface area contributed by atoms with E-state index in [9.17, 15) is 0 Å². The van der Waals surface area contributed by atoms with Gasteiger partial charge in [-0.25, -0.2) is 0 Å². The predicted molar refractivity (Wildman–Crippen MR) is 147 cm³/mol. The highest BCUT2D eigenvalue weighted by Gasteiger charge is 2.52. The molecule has 164 valence electrons. The van der Waals surface area contributed by atoms with Crippen LogP contribution in [-0.2, 0) is 5.41 Å². The number of hydrogen-bond acceptors (Lipinski definition) is 0. The molecule has 8 rings (SSSR count). The number of rotatable bonds is 0. The summed E-state index contributed by atoms with van der Waals surface area (Å²) in [6.07, 6.45) is 0. The molecule has 35 heavy (non-hydrogen) atoms. The quantitative estimate of drug-likeness (QED) is 0.219. The van der Waals surface area contributed by atoms with Crippen molar-refractivity contribution < 1.29 is 0 Å². The highest BCUT2D eigenvalue weighted by Crippen LogP contribution is 2.64. The van der Waals surface area contributed by atoms with E-state index in [2.05, 4.69) is 123 Å². The molecule has 0 fully saturated rings. The Balaban J connectivity index is 1.64. The molecule has 1 atom stereocenters. The first kappa shape index (κ1) is 19.2. The van der Waals surface area contributed by atoms with Crippen LogP contribution < -0.4 is 0 Å². The van der Waals surface area contributed by atoms with Gasteiger partial charge in [0.05, 0.1) is 5.41 Å². The van der Waals surface area contributed by atoms with Gasteiger partial charge in [-0.2, -0.15) is 0 Å². The molecular formula is C35H24. The Kier molecular flexibility index (Phi) is 3.56. The van der Waals surface area contributed by atoms with Crippen molar-refractivity contribution >= 4 is 21.5 Å². The van der Waals surface area contributed by atoms with Gasteiger partial charge in [0.25, 0.3) is 0 Å². The smallest absolute Gasteiger partial charge is 0.0619 e. The molecule has 0 aromatic heterocycles. The predicted octanol–water partition coefficient (Wildman–Crippen LogP) is 8.95. The van der Waals surface area contributed by atoms with E-state index in [0.717, 1.165) is 0 Å². The van der Waals surface area contributed by atoms with Crippen LogP contribution in [-0.4, -0.2) is 0 Å². The van der Waals surface area contributed by atoms with Crippen LogP contribution in [0.2, 0.25) is 0 Å². The Hall–Kier alpha value is -4.16. The lowest BCUT2D eigenvalue weighted by Gasteiger charge is -2.30. The molecule has 0 heteroatoms. The second-order valence-electron chi connectivity index (χ2n) is 10.2. The van der Waals surface area contributed by atoms with Gasteiger partial charge in [-0.1, -0.05) is 115 Å². The second-order valence-corrected chi connectivity index (χ2v) is 10.2. The third-order valence-corrected chi connectivity index (χ3v) is 8.47. The summed E-state index contributed by atoms with van der Waals surface area (Å²) in [7, 11) is 0. The fourth-order valence-corrected chi connectivity index (χ4v) is 7.08. The third-order valence-electron chi connectivity index (χ3n) is 8.47. The van der Waals surface area contributed by atoms with E-state index < -0.39 is 0 Å². The topological polar surface area (TPSA) is 0 Å². The van der Waals surface area contributed by atoms with Crippen LogP contribution in [0.5, 0.6) is 0 Å². The summed E-state index contributed by atoms with van der Waals surface area (Å²) < 4.78 is 0. The second kappa shape index (κ2) is 6.49. The lowest BCUT2D eigenvalue weighted by atomic mass is 9.70. The van der Waals surface area contributed by atoms with Crippen LogP contribution in [0.1, 0.15) is 33.4 Å². The molecule has 6 aromatic carbocycles. The largest absolute Gasteiger partial charge is 0.0725 e. The molecule has 0 N–H and O–H groups in total. The summed E-state index contributed by atoms with van der Waals surface area (Å²) in [5.74, 6) is 0. The van der Waals surface area contributed by atoms with E-state index in [1.165, 1.54) is 77.2 Å². The standard InChI is InChI=1S/C35H24/c1-21-14-17-30-28(20-21)34-26-12-7-8-22(2)24(26)16-19-32(34)35(30)29-13-6-5-11-27(29)33-25-10-4-3-9-23(25)15-18-31(33)35/h3-20H,1-2H3. The lowest BCUT2D eigenvalue weighted by molar-refractivity contribution is 0.795. The SMILES string of the molecule is Cc1ccc2c(c1)-c1c(ccc3c(C)cccc13)C21c2ccccc2-c2c1ccc1ccccc21. The molecule has 0 aliphatic heterocycles. The molecule has 0 saturated heterocycles. The third kappa shape index (κ3) is 2.19. The van der Waals surface area contributed by atoms with Crippen LogP contribution in [0.15, 0.2) is 109 Å².